The quantitative estimate of drug-likeness (QED) is 0.854. The van der Waals surface area contributed by atoms with E-state index >= 15 is 0 Å². The van der Waals surface area contributed by atoms with E-state index in [2.05, 4.69) is 0 Å². The number of nitrogens with zero attached hydrogens (tertiary/aromatic N) is 1. The molecule has 0 N–H and O–H groups in total. The molecule has 0 aliphatic rings. The van der Waals surface area contributed by atoms with Crippen molar-refractivity contribution in [1.29, 1.82) is 5.26 Å². The van der Waals surface area contributed by atoms with Crippen LogP contribution in [0.2, 0.25) is 5.02 Å². The number of hydrogen-bond acceptors (Lipinski definition) is 3. The molecule has 0 spiro atoms. The van der Waals surface area contributed by atoms with Gasteiger partial charge in [0, 0.05) is 11.4 Å². The molecule has 0 saturated carbocycles. The molecule has 0 bridgehead atoms. The summed E-state index contributed by atoms with van der Waals surface area (Å²) in [6, 6.07) is 8.81. The van der Waals surface area contributed by atoms with E-state index in [1.165, 1.54) is 6.92 Å². The molecule has 1 atom stereocenters. The van der Waals surface area contributed by atoms with Gasteiger partial charge in [-0.25, -0.2) is 8.42 Å². The van der Waals surface area contributed by atoms with Crippen molar-refractivity contribution in [2.24, 2.45) is 0 Å². The van der Waals surface area contributed by atoms with Gasteiger partial charge in [-0.15, -0.1) is 0 Å². The lowest BCUT2D eigenvalue weighted by Crippen LogP contribution is -2.40. The van der Waals surface area contributed by atoms with E-state index in [0.717, 1.165) is 5.56 Å². The highest BCUT2D eigenvalue weighted by Gasteiger charge is 2.41. The van der Waals surface area contributed by atoms with Gasteiger partial charge in [-0.3, -0.25) is 0 Å². The Balaban J connectivity index is 3.13. The van der Waals surface area contributed by atoms with E-state index in [0.29, 0.717) is 5.02 Å². The molecule has 0 aliphatic carbocycles. The average Bonchev–Trinajstić information content (AvgIpc) is 2.31. The van der Waals surface area contributed by atoms with Gasteiger partial charge in [0.15, 0.2) is 14.6 Å². The van der Waals surface area contributed by atoms with Gasteiger partial charge in [0.05, 0.1) is 11.3 Å². The summed E-state index contributed by atoms with van der Waals surface area (Å²) in [5.74, 6) is 0. The summed E-state index contributed by atoms with van der Waals surface area (Å²) < 4.78 is 23.0. The Morgan fingerprint density at radius 1 is 1.33 bits per heavy atom. The van der Waals surface area contributed by atoms with Crippen molar-refractivity contribution < 1.29 is 8.42 Å². The third-order valence-electron chi connectivity index (χ3n) is 2.94. The molecule has 0 saturated heterocycles. The van der Waals surface area contributed by atoms with Gasteiger partial charge in [-0.05, 0) is 38.5 Å². The molecule has 18 heavy (non-hydrogen) atoms. The minimum atomic E-state index is -3.49. The summed E-state index contributed by atoms with van der Waals surface area (Å²) in [4.78, 5) is 0. The molecule has 5 heteroatoms. The van der Waals surface area contributed by atoms with Crippen LogP contribution in [-0.2, 0) is 16.3 Å². The fourth-order valence-electron chi connectivity index (χ4n) is 1.72. The molecular formula is C13H16ClNO2S. The Kier molecular flexibility index (Phi) is 4.41. The Morgan fingerprint density at radius 3 is 2.22 bits per heavy atom. The Hall–Kier alpha value is -1.05. The molecule has 3 nitrogen and oxygen atoms in total. The lowest BCUT2D eigenvalue weighted by molar-refractivity contribution is 0.555. The van der Waals surface area contributed by atoms with Gasteiger partial charge in [0.2, 0.25) is 0 Å². The molecule has 98 valence electrons. The molecule has 1 unspecified atom stereocenters. The number of halogens is 1. The predicted octanol–water partition coefficient (Wildman–Crippen LogP) is 2.99. The number of nitriles is 1. The van der Waals surface area contributed by atoms with Gasteiger partial charge >= 0.3 is 0 Å². The normalized spacial score (nSPS) is 15.1. The standard InChI is InChI=1S/C13H16ClNO2S/c1-10(2)18(16,17)13(3,9-15)8-11-4-6-12(14)7-5-11/h4-7,10H,8H2,1-3H3. The molecular weight excluding hydrogens is 270 g/mol. The lowest BCUT2D eigenvalue weighted by Gasteiger charge is -2.24. The molecule has 0 amide bonds. The van der Waals surface area contributed by atoms with Crippen molar-refractivity contribution >= 4 is 21.4 Å². The highest BCUT2D eigenvalue weighted by Crippen LogP contribution is 2.26. The van der Waals surface area contributed by atoms with Gasteiger partial charge in [0.1, 0.15) is 0 Å². The van der Waals surface area contributed by atoms with E-state index in [1.807, 2.05) is 6.07 Å². The van der Waals surface area contributed by atoms with E-state index in [4.69, 9.17) is 11.6 Å². The zero-order chi connectivity index (χ0) is 14.0. The molecule has 0 aliphatic heterocycles. The summed E-state index contributed by atoms with van der Waals surface area (Å²) in [6.45, 7) is 4.65. The van der Waals surface area contributed by atoms with Gasteiger partial charge in [-0.1, -0.05) is 23.7 Å². The molecule has 1 rings (SSSR count). The summed E-state index contributed by atoms with van der Waals surface area (Å²) in [6.07, 6.45) is 0.168. The molecule has 1 aromatic rings. The summed E-state index contributed by atoms with van der Waals surface area (Å²) >= 11 is 5.77. The van der Waals surface area contributed by atoms with Crippen molar-refractivity contribution in [2.75, 3.05) is 0 Å². The van der Waals surface area contributed by atoms with Crippen LogP contribution < -0.4 is 0 Å². The van der Waals surface area contributed by atoms with E-state index < -0.39 is 19.8 Å². The summed E-state index contributed by atoms with van der Waals surface area (Å²) in [5.41, 5.74) is 0.785. The van der Waals surface area contributed by atoms with Gasteiger partial charge in [-0.2, -0.15) is 5.26 Å². The van der Waals surface area contributed by atoms with E-state index in [1.54, 1.807) is 38.1 Å². The van der Waals surface area contributed by atoms with Crippen LogP contribution in [0.3, 0.4) is 0 Å². The highest BCUT2D eigenvalue weighted by atomic mass is 35.5. The topological polar surface area (TPSA) is 57.9 Å². The predicted molar refractivity (Wildman–Crippen MR) is 73.2 cm³/mol. The van der Waals surface area contributed by atoms with Crippen LogP contribution in [0.5, 0.6) is 0 Å². The highest BCUT2D eigenvalue weighted by molar-refractivity contribution is 7.93. The number of benzene rings is 1. The molecule has 0 aromatic heterocycles. The minimum Gasteiger partial charge on any atom is -0.227 e. The van der Waals surface area contributed by atoms with Crippen LogP contribution in [0.4, 0.5) is 0 Å². The maximum atomic E-state index is 12.2. The Morgan fingerprint density at radius 2 is 1.83 bits per heavy atom. The van der Waals surface area contributed by atoms with Crippen LogP contribution in [-0.4, -0.2) is 18.4 Å². The van der Waals surface area contributed by atoms with Crippen LogP contribution >= 0.6 is 11.6 Å². The largest absolute Gasteiger partial charge is 0.227 e. The Bertz CT molecular complexity index is 558. The van der Waals surface area contributed by atoms with Crippen molar-refractivity contribution in [3.63, 3.8) is 0 Å². The van der Waals surface area contributed by atoms with Gasteiger partial charge in [0.25, 0.3) is 0 Å². The first kappa shape index (κ1) is 15.0. The molecule has 0 fully saturated rings. The van der Waals surface area contributed by atoms with Gasteiger partial charge < -0.3 is 0 Å². The monoisotopic (exact) mass is 285 g/mol. The number of rotatable bonds is 4. The second-order valence-electron chi connectivity index (χ2n) is 4.74. The first-order valence-corrected chi connectivity index (χ1v) is 7.54. The van der Waals surface area contributed by atoms with Crippen molar-refractivity contribution in [1.82, 2.24) is 0 Å². The van der Waals surface area contributed by atoms with Crippen LogP contribution in [0, 0.1) is 11.3 Å². The number of sulfone groups is 1. The van der Waals surface area contributed by atoms with Crippen molar-refractivity contribution in [2.45, 2.75) is 37.2 Å². The molecule has 0 heterocycles. The first-order valence-electron chi connectivity index (χ1n) is 5.62. The second kappa shape index (κ2) is 5.29. The smallest absolute Gasteiger partial charge is 0.171 e. The van der Waals surface area contributed by atoms with Crippen molar-refractivity contribution in [3.8, 4) is 6.07 Å². The molecule has 1 aromatic carbocycles. The maximum Gasteiger partial charge on any atom is 0.171 e. The third-order valence-corrected chi connectivity index (χ3v) is 5.92. The zero-order valence-corrected chi connectivity index (χ0v) is 12.2. The van der Waals surface area contributed by atoms with Crippen LogP contribution in [0.15, 0.2) is 24.3 Å². The third kappa shape index (κ3) is 2.85. The average molecular weight is 286 g/mol. The van der Waals surface area contributed by atoms with Crippen molar-refractivity contribution in [3.05, 3.63) is 34.9 Å². The first-order chi connectivity index (χ1) is 8.23. The second-order valence-corrected chi connectivity index (χ2v) is 8.11. The zero-order valence-electron chi connectivity index (χ0n) is 10.6. The Labute approximate surface area is 113 Å². The summed E-state index contributed by atoms with van der Waals surface area (Å²) in [5, 5.41) is 9.24. The SMILES string of the molecule is CC(C)S(=O)(=O)C(C)(C#N)Cc1ccc(Cl)cc1. The van der Waals surface area contributed by atoms with Crippen LogP contribution in [0.25, 0.3) is 0 Å². The summed E-state index contributed by atoms with van der Waals surface area (Å²) in [7, 11) is -3.49. The van der Waals surface area contributed by atoms with Crippen LogP contribution in [0.1, 0.15) is 26.3 Å². The number of hydrogen-bond donors (Lipinski definition) is 0. The lowest BCUT2D eigenvalue weighted by atomic mass is 10.0. The fraction of sp³-hybridized carbons (Fsp3) is 0.462. The van der Waals surface area contributed by atoms with E-state index in [-0.39, 0.29) is 6.42 Å². The minimum absolute atomic E-state index is 0.168. The fourth-order valence-corrected chi connectivity index (χ4v) is 3.38. The molecule has 0 radical (unpaired) electrons. The maximum absolute atomic E-state index is 12.2. The van der Waals surface area contributed by atoms with E-state index in [9.17, 15) is 13.7 Å².